The third-order valence-electron chi connectivity index (χ3n) is 4.17. The third kappa shape index (κ3) is 2.90. The van der Waals surface area contributed by atoms with Crippen LogP contribution in [-0.4, -0.2) is 19.8 Å². The van der Waals surface area contributed by atoms with E-state index >= 15 is 0 Å². The van der Waals surface area contributed by atoms with Crippen molar-refractivity contribution >= 4 is 22.4 Å². The Labute approximate surface area is 138 Å². The largest absolute Gasteiger partial charge is 0.335 e. The fourth-order valence-corrected chi connectivity index (χ4v) is 3.56. The number of nitrogens with zero attached hydrogens (tertiary/aromatic N) is 3. The Morgan fingerprint density at radius 1 is 1.30 bits per heavy atom. The number of carbonyl (C=O) groups is 1. The Hall–Kier alpha value is -2.47. The van der Waals surface area contributed by atoms with E-state index in [9.17, 15) is 4.79 Å². The van der Waals surface area contributed by atoms with Crippen LogP contribution in [0.25, 0.3) is 11.3 Å². The average Bonchev–Trinajstić information content (AvgIpc) is 3.24. The van der Waals surface area contributed by atoms with Gasteiger partial charge in [-0.1, -0.05) is 30.3 Å². The first-order valence-electron chi connectivity index (χ1n) is 7.61. The molecule has 2 aromatic heterocycles. The lowest BCUT2D eigenvalue weighted by Crippen LogP contribution is -2.29. The molecule has 3 heterocycles. The van der Waals surface area contributed by atoms with Crippen molar-refractivity contribution in [3.8, 4) is 11.3 Å². The van der Waals surface area contributed by atoms with Crippen LogP contribution in [0.5, 0.6) is 0 Å². The van der Waals surface area contributed by atoms with Gasteiger partial charge in [0.15, 0.2) is 0 Å². The van der Waals surface area contributed by atoms with E-state index in [1.165, 1.54) is 11.5 Å². The fraction of sp³-hybridized carbons (Fsp3) is 0.235. The van der Waals surface area contributed by atoms with Crippen molar-refractivity contribution in [2.45, 2.75) is 19.4 Å². The maximum atomic E-state index is 12.5. The van der Waals surface area contributed by atoms with Gasteiger partial charge in [0, 0.05) is 42.4 Å². The summed E-state index contributed by atoms with van der Waals surface area (Å²) in [6, 6.07) is 11.9. The highest BCUT2D eigenvalue weighted by molar-refractivity contribution is 7.10. The van der Waals surface area contributed by atoms with Gasteiger partial charge in [-0.15, -0.1) is 0 Å². The lowest BCUT2D eigenvalue weighted by atomic mass is 9.95. The zero-order valence-electron chi connectivity index (χ0n) is 12.5. The predicted molar refractivity (Wildman–Crippen MR) is 90.2 cm³/mol. The zero-order valence-corrected chi connectivity index (χ0v) is 13.3. The Morgan fingerprint density at radius 2 is 2.17 bits per heavy atom. The van der Waals surface area contributed by atoms with Crippen LogP contribution in [0.3, 0.4) is 0 Å². The van der Waals surface area contributed by atoms with Crippen molar-refractivity contribution in [2.75, 3.05) is 5.32 Å². The van der Waals surface area contributed by atoms with E-state index < -0.39 is 0 Å². The molecule has 1 aliphatic heterocycles. The molecule has 6 heteroatoms. The molecule has 0 fully saturated rings. The molecule has 1 aromatic carbocycles. The number of rotatable bonds is 3. The van der Waals surface area contributed by atoms with Crippen LogP contribution in [0.4, 0.5) is 5.00 Å². The number of benzene rings is 1. The highest BCUT2D eigenvalue weighted by atomic mass is 32.1. The summed E-state index contributed by atoms with van der Waals surface area (Å²) in [5, 5.41) is 3.81. The molecule has 0 unspecified atom stereocenters. The van der Waals surface area contributed by atoms with E-state index in [1.54, 1.807) is 0 Å². The molecule has 0 aliphatic carbocycles. The molecule has 1 atom stereocenters. The minimum atomic E-state index is 0.00137. The minimum absolute atomic E-state index is 0.00137. The molecule has 0 saturated carbocycles. The van der Waals surface area contributed by atoms with Gasteiger partial charge in [-0.2, -0.15) is 4.37 Å². The molecule has 1 N–H and O–H groups in total. The summed E-state index contributed by atoms with van der Waals surface area (Å²) in [6.45, 7) is 0.853. The molecule has 0 spiro atoms. The number of anilines is 1. The quantitative estimate of drug-likeness (QED) is 0.805. The van der Waals surface area contributed by atoms with Crippen LogP contribution in [0.1, 0.15) is 12.1 Å². The molecular formula is C17H16N4OS. The third-order valence-corrected chi connectivity index (χ3v) is 4.87. The van der Waals surface area contributed by atoms with Crippen LogP contribution in [-0.2, 0) is 17.8 Å². The van der Waals surface area contributed by atoms with Crippen molar-refractivity contribution < 1.29 is 4.79 Å². The zero-order chi connectivity index (χ0) is 15.6. The van der Waals surface area contributed by atoms with E-state index in [0.29, 0.717) is 0 Å². The van der Waals surface area contributed by atoms with E-state index in [1.807, 2.05) is 48.9 Å². The lowest BCUT2D eigenvalue weighted by molar-refractivity contribution is -0.120. The Kier molecular flexibility index (Phi) is 3.67. The second kappa shape index (κ2) is 5.96. The number of nitrogens with one attached hydrogen (secondary N) is 1. The summed E-state index contributed by atoms with van der Waals surface area (Å²) in [5.41, 5.74) is 3.09. The number of carbonyl (C=O) groups excluding carboxylic acids is 1. The van der Waals surface area contributed by atoms with E-state index in [2.05, 4.69) is 19.2 Å². The summed E-state index contributed by atoms with van der Waals surface area (Å²) in [4.78, 5) is 16.6. The van der Waals surface area contributed by atoms with Crippen LogP contribution in [0.2, 0.25) is 0 Å². The minimum Gasteiger partial charge on any atom is -0.335 e. The molecule has 1 aliphatic rings. The summed E-state index contributed by atoms with van der Waals surface area (Å²) in [5.74, 6) is 0.0715. The highest BCUT2D eigenvalue weighted by Gasteiger charge is 2.25. The SMILES string of the molecule is O=C(Nc1cc(-c2ccccc2)ns1)[C@@H]1CCn2cncc2C1. The van der Waals surface area contributed by atoms with Crippen LogP contribution in [0, 0.1) is 5.92 Å². The molecule has 1 amide bonds. The van der Waals surface area contributed by atoms with Gasteiger partial charge in [0.25, 0.3) is 0 Å². The first-order valence-corrected chi connectivity index (χ1v) is 8.39. The van der Waals surface area contributed by atoms with Crippen LogP contribution in [0.15, 0.2) is 48.9 Å². The second-order valence-electron chi connectivity index (χ2n) is 5.70. The van der Waals surface area contributed by atoms with Crippen LogP contribution >= 0.6 is 11.5 Å². The summed E-state index contributed by atoms with van der Waals surface area (Å²) >= 11 is 1.32. The Bertz CT molecular complexity index is 824. The van der Waals surface area contributed by atoms with Crippen molar-refractivity contribution in [2.24, 2.45) is 5.92 Å². The molecule has 0 radical (unpaired) electrons. The number of aryl methyl sites for hydroxylation is 1. The first-order chi connectivity index (χ1) is 11.3. The standard InChI is InChI=1S/C17H16N4OS/c22-17(13-6-7-21-11-18-10-14(21)8-13)19-16-9-15(20-23-16)12-4-2-1-3-5-12/h1-5,9-11,13H,6-8H2,(H,19,22)/t13-/m1/s1. The number of amides is 1. The Balaban J connectivity index is 1.45. The van der Waals surface area contributed by atoms with Gasteiger partial charge in [-0.25, -0.2) is 4.98 Å². The molecular weight excluding hydrogens is 308 g/mol. The molecule has 23 heavy (non-hydrogen) atoms. The first kappa shape index (κ1) is 14.1. The van der Waals surface area contributed by atoms with Gasteiger partial charge < -0.3 is 9.88 Å². The normalized spacial score (nSPS) is 16.8. The molecule has 3 aromatic rings. The van der Waals surface area contributed by atoms with E-state index in [0.717, 1.165) is 41.3 Å². The van der Waals surface area contributed by atoms with Gasteiger partial charge in [0.05, 0.1) is 12.0 Å². The summed E-state index contributed by atoms with van der Waals surface area (Å²) < 4.78 is 6.54. The monoisotopic (exact) mass is 324 g/mol. The van der Waals surface area contributed by atoms with E-state index in [4.69, 9.17) is 0 Å². The van der Waals surface area contributed by atoms with E-state index in [-0.39, 0.29) is 11.8 Å². The number of hydrogen-bond donors (Lipinski definition) is 1. The second-order valence-corrected chi connectivity index (χ2v) is 6.50. The number of hydrogen-bond acceptors (Lipinski definition) is 4. The Morgan fingerprint density at radius 3 is 3.04 bits per heavy atom. The van der Waals surface area contributed by atoms with Crippen molar-refractivity contribution in [1.82, 2.24) is 13.9 Å². The maximum Gasteiger partial charge on any atom is 0.228 e. The predicted octanol–water partition coefficient (Wildman–Crippen LogP) is 3.21. The average molecular weight is 324 g/mol. The summed E-state index contributed by atoms with van der Waals surface area (Å²) in [6.07, 6.45) is 5.27. The van der Waals surface area contributed by atoms with Gasteiger partial charge in [0.2, 0.25) is 5.91 Å². The molecule has 0 saturated heterocycles. The van der Waals surface area contributed by atoms with Crippen LogP contribution < -0.4 is 5.32 Å². The van der Waals surface area contributed by atoms with Gasteiger partial charge in [-0.05, 0) is 18.0 Å². The molecule has 4 rings (SSSR count). The number of aromatic nitrogens is 3. The van der Waals surface area contributed by atoms with Crippen molar-refractivity contribution in [1.29, 1.82) is 0 Å². The van der Waals surface area contributed by atoms with Crippen molar-refractivity contribution in [3.05, 3.63) is 54.6 Å². The smallest absolute Gasteiger partial charge is 0.228 e. The van der Waals surface area contributed by atoms with Gasteiger partial charge in [-0.3, -0.25) is 4.79 Å². The molecule has 116 valence electrons. The molecule has 5 nitrogen and oxygen atoms in total. The van der Waals surface area contributed by atoms with Gasteiger partial charge in [0.1, 0.15) is 5.00 Å². The van der Waals surface area contributed by atoms with Gasteiger partial charge >= 0.3 is 0 Å². The number of imidazole rings is 1. The van der Waals surface area contributed by atoms with Crippen molar-refractivity contribution in [3.63, 3.8) is 0 Å². The fourth-order valence-electron chi connectivity index (χ4n) is 2.90. The highest BCUT2D eigenvalue weighted by Crippen LogP contribution is 2.27. The topological polar surface area (TPSA) is 59.8 Å². The molecule has 0 bridgehead atoms. The lowest BCUT2D eigenvalue weighted by Gasteiger charge is -2.22. The number of fused-ring (bicyclic) bond motifs is 1. The maximum absolute atomic E-state index is 12.5. The summed E-state index contributed by atoms with van der Waals surface area (Å²) in [7, 11) is 0.